The highest BCUT2D eigenvalue weighted by atomic mass is 16.5. The van der Waals surface area contributed by atoms with Crippen molar-refractivity contribution in [1.82, 2.24) is 15.3 Å². The van der Waals surface area contributed by atoms with Gasteiger partial charge in [0.25, 0.3) is 5.91 Å². The Hall–Kier alpha value is -3.09. The number of carbonyl (C=O) groups is 1. The molecule has 146 valence electrons. The SMILES string of the molecule is Cc1ccccc1OCCNC(=O)c1c(C)oc2ncnc(NC3(C)CC3)c12. The fourth-order valence-electron chi connectivity index (χ4n) is 3.14. The number of fused-ring (bicyclic) bond motifs is 1. The van der Waals surface area contributed by atoms with Gasteiger partial charge in [-0.25, -0.2) is 9.97 Å². The lowest BCUT2D eigenvalue weighted by molar-refractivity contribution is 0.0947. The van der Waals surface area contributed by atoms with Crippen LogP contribution in [0.1, 0.15) is 41.4 Å². The van der Waals surface area contributed by atoms with Gasteiger partial charge in [0, 0.05) is 5.54 Å². The summed E-state index contributed by atoms with van der Waals surface area (Å²) in [6.07, 6.45) is 3.61. The molecule has 0 bridgehead atoms. The second-order valence-electron chi connectivity index (χ2n) is 7.49. The molecule has 0 radical (unpaired) electrons. The molecule has 2 heterocycles. The quantitative estimate of drug-likeness (QED) is 0.609. The molecule has 2 aromatic heterocycles. The Bertz CT molecular complexity index is 1020. The highest BCUT2D eigenvalue weighted by Crippen LogP contribution is 2.40. The molecule has 1 aliphatic rings. The molecular weight excluding hydrogens is 356 g/mol. The van der Waals surface area contributed by atoms with Crippen LogP contribution >= 0.6 is 0 Å². The van der Waals surface area contributed by atoms with E-state index < -0.39 is 0 Å². The minimum atomic E-state index is -0.219. The Morgan fingerprint density at radius 3 is 2.79 bits per heavy atom. The summed E-state index contributed by atoms with van der Waals surface area (Å²) < 4.78 is 11.4. The lowest BCUT2D eigenvalue weighted by Gasteiger charge is -2.13. The van der Waals surface area contributed by atoms with Crippen molar-refractivity contribution in [2.24, 2.45) is 0 Å². The molecule has 3 aromatic rings. The summed E-state index contributed by atoms with van der Waals surface area (Å²) in [6.45, 7) is 6.65. The summed E-state index contributed by atoms with van der Waals surface area (Å²) in [7, 11) is 0. The summed E-state index contributed by atoms with van der Waals surface area (Å²) in [5, 5.41) is 6.96. The van der Waals surface area contributed by atoms with Crippen molar-refractivity contribution in [2.75, 3.05) is 18.5 Å². The fourth-order valence-corrected chi connectivity index (χ4v) is 3.14. The lowest BCUT2D eigenvalue weighted by Crippen LogP contribution is -2.28. The number of aryl methyl sites for hydroxylation is 2. The maximum Gasteiger partial charge on any atom is 0.255 e. The average molecular weight is 380 g/mol. The molecule has 0 saturated heterocycles. The minimum absolute atomic E-state index is 0.0294. The van der Waals surface area contributed by atoms with Crippen molar-refractivity contribution >= 4 is 22.8 Å². The Kier molecular flexibility index (Phi) is 4.66. The highest BCUT2D eigenvalue weighted by molar-refractivity contribution is 6.10. The monoisotopic (exact) mass is 380 g/mol. The van der Waals surface area contributed by atoms with Crippen LogP contribution in [-0.4, -0.2) is 34.6 Å². The molecule has 0 spiro atoms. The van der Waals surface area contributed by atoms with E-state index in [4.69, 9.17) is 9.15 Å². The van der Waals surface area contributed by atoms with E-state index in [1.807, 2.05) is 31.2 Å². The van der Waals surface area contributed by atoms with Crippen LogP contribution in [0.15, 0.2) is 35.0 Å². The Morgan fingerprint density at radius 2 is 2.04 bits per heavy atom. The molecule has 7 heteroatoms. The van der Waals surface area contributed by atoms with E-state index in [0.29, 0.717) is 41.4 Å². The average Bonchev–Trinajstić information content (AvgIpc) is 3.28. The summed E-state index contributed by atoms with van der Waals surface area (Å²) in [4.78, 5) is 21.4. The molecule has 1 saturated carbocycles. The zero-order valence-electron chi connectivity index (χ0n) is 16.3. The Labute approximate surface area is 163 Å². The number of hydrogen-bond acceptors (Lipinski definition) is 6. The first-order chi connectivity index (χ1) is 13.5. The second kappa shape index (κ2) is 7.14. The largest absolute Gasteiger partial charge is 0.491 e. The smallest absolute Gasteiger partial charge is 0.255 e. The lowest BCUT2D eigenvalue weighted by atomic mass is 10.1. The third-order valence-corrected chi connectivity index (χ3v) is 5.05. The second-order valence-corrected chi connectivity index (χ2v) is 7.49. The van der Waals surface area contributed by atoms with E-state index in [1.165, 1.54) is 6.33 Å². The molecule has 7 nitrogen and oxygen atoms in total. The van der Waals surface area contributed by atoms with Crippen molar-refractivity contribution < 1.29 is 13.9 Å². The van der Waals surface area contributed by atoms with E-state index in [-0.39, 0.29) is 11.4 Å². The van der Waals surface area contributed by atoms with Gasteiger partial charge in [-0.05, 0) is 45.2 Å². The summed E-state index contributed by atoms with van der Waals surface area (Å²) in [5.74, 6) is 1.77. The number of amides is 1. The minimum Gasteiger partial charge on any atom is -0.491 e. The summed E-state index contributed by atoms with van der Waals surface area (Å²) >= 11 is 0. The number of hydrogen-bond donors (Lipinski definition) is 2. The van der Waals surface area contributed by atoms with E-state index in [9.17, 15) is 4.79 Å². The molecule has 1 aliphatic carbocycles. The molecule has 2 N–H and O–H groups in total. The number of aromatic nitrogens is 2. The van der Waals surface area contributed by atoms with E-state index in [2.05, 4.69) is 27.5 Å². The van der Waals surface area contributed by atoms with Crippen LogP contribution in [0.2, 0.25) is 0 Å². The van der Waals surface area contributed by atoms with Gasteiger partial charge >= 0.3 is 0 Å². The van der Waals surface area contributed by atoms with Crippen molar-refractivity contribution in [1.29, 1.82) is 0 Å². The molecule has 4 rings (SSSR count). The van der Waals surface area contributed by atoms with Gasteiger partial charge in [0.2, 0.25) is 5.71 Å². The van der Waals surface area contributed by atoms with Crippen LogP contribution in [0.5, 0.6) is 5.75 Å². The number of nitrogens with one attached hydrogen (secondary N) is 2. The topological polar surface area (TPSA) is 89.3 Å². The van der Waals surface area contributed by atoms with E-state index in [1.54, 1.807) is 6.92 Å². The predicted molar refractivity (Wildman–Crippen MR) is 107 cm³/mol. The number of rotatable bonds is 7. The molecule has 0 atom stereocenters. The molecule has 28 heavy (non-hydrogen) atoms. The standard InChI is InChI=1S/C21H24N4O3/c1-13-6-4-5-7-15(13)27-11-10-22-19(26)16-14(2)28-20-17(16)18(23-12-24-20)25-21(3)8-9-21/h4-7,12H,8-11H2,1-3H3,(H,22,26)(H,23,24,25). The summed E-state index contributed by atoms with van der Waals surface area (Å²) in [6, 6.07) is 7.80. The van der Waals surface area contributed by atoms with Gasteiger partial charge in [-0.15, -0.1) is 0 Å². The number of nitrogens with zero attached hydrogens (tertiary/aromatic N) is 2. The van der Waals surface area contributed by atoms with Crippen molar-refractivity contribution in [3.8, 4) is 5.75 Å². The van der Waals surface area contributed by atoms with E-state index in [0.717, 1.165) is 24.2 Å². The maximum atomic E-state index is 12.8. The third-order valence-electron chi connectivity index (χ3n) is 5.05. The first kappa shape index (κ1) is 18.3. The summed E-state index contributed by atoms with van der Waals surface area (Å²) in [5.41, 5.74) is 1.98. The Balaban J connectivity index is 1.47. The normalized spacial score (nSPS) is 14.7. The molecule has 1 fully saturated rings. The van der Waals surface area contributed by atoms with Gasteiger partial charge in [0.1, 0.15) is 30.3 Å². The molecule has 0 aliphatic heterocycles. The molecule has 1 amide bonds. The van der Waals surface area contributed by atoms with Crippen LogP contribution in [0.3, 0.4) is 0 Å². The number of furan rings is 1. The van der Waals surface area contributed by atoms with Gasteiger partial charge in [-0.3, -0.25) is 4.79 Å². The van der Waals surface area contributed by atoms with Gasteiger partial charge in [0.05, 0.1) is 17.5 Å². The predicted octanol–water partition coefficient (Wildman–Crippen LogP) is 3.61. The third kappa shape index (κ3) is 3.65. The number of anilines is 1. The Morgan fingerprint density at radius 1 is 1.25 bits per heavy atom. The van der Waals surface area contributed by atoms with Gasteiger partial charge < -0.3 is 19.8 Å². The van der Waals surface area contributed by atoms with Crippen molar-refractivity contribution in [3.63, 3.8) is 0 Å². The number of benzene rings is 1. The van der Waals surface area contributed by atoms with E-state index >= 15 is 0 Å². The molecule has 1 aromatic carbocycles. The number of ether oxygens (including phenoxy) is 1. The fraction of sp³-hybridized carbons (Fsp3) is 0.381. The first-order valence-corrected chi connectivity index (χ1v) is 9.46. The number of para-hydroxylation sites is 1. The van der Waals surface area contributed by atoms with Crippen LogP contribution < -0.4 is 15.4 Å². The van der Waals surface area contributed by atoms with Gasteiger partial charge in [0.15, 0.2) is 0 Å². The van der Waals surface area contributed by atoms with Gasteiger partial charge in [-0.2, -0.15) is 0 Å². The molecular formula is C21H24N4O3. The maximum absolute atomic E-state index is 12.8. The van der Waals surface area contributed by atoms with Crippen LogP contribution in [0.25, 0.3) is 11.1 Å². The molecule has 0 unspecified atom stereocenters. The highest BCUT2D eigenvalue weighted by Gasteiger charge is 2.38. The number of carbonyl (C=O) groups excluding carboxylic acids is 1. The van der Waals surface area contributed by atoms with Crippen molar-refractivity contribution in [2.45, 2.75) is 39.2 Å². The van der Waals surface area contributed by atoms with Crippen LogP contribution in [-0.2, 0) is 0 Å². The zero-order valence-corrected chi connectivity index (χ0v) is 16.3. The van der Waals surface area contributed by atoms with Crippen molar-refractivity contribution in [3.05, 3.63) is 47.5 Å². The zero-order chi connectivity index (χ0) is 19.7. The van der Waals surface area contributed by atoms with Crippen LogP contribution in [0.4, 0.5) is 5.82 Å². The van der Waals surface area contributed by atoms with Crippen LogP contribution in [0, 0.1) is 13.8 Å². The first-order valence-electron chi connectivity index (χ1n) is 9.46. The van der Waals surface area contributed by atoms with Gasteiger partial charge in [-0.1, -0.05) is 18.2 Å².